The van der Waals surface area contributed by atoms with Crippen LogP contribution in [0.15, 0.2) is 35.3 Å². The summed E-state index contributed by atoms with van der Waals surface area (Å²) < 4.78 is 5.03. The highest BCUT2D eigenvalue weighted by molar-refractivity contribution is 5.79. The van der Waals surface area contributed by atoms with Crippen LogP contribution in [0.2, 0.25) is 0 Å². The molecule has 2 atom stereocenters. The van der Waals surface area contributed by atoms with E-state index in [0.717, 1.165) is 38.4 Å². The van der Waals surface area contributed by atoms with Crippen molar-refractivity contribution in [2.45, 2.75) is 51.2 Å². The van der Waals surface area contributed by atoms with Gasteiger partial charge >= 0.3 is 6.09 Å². The fourth-order valence-corrected chi connectivity index (χ4v) is 3.95. The number of aliphatic imine (C=N–C) groups is 1. The highest BCUT2D eigenvalue weighted by atomic mass is 16.5. The van der Waals surface area contributed by atoms with E-state index < -0.39 is 0 Å². The second kappa shape index (κ2) is 11.0. The van der Waals surface area contributed by atoms with Gasteiger partial charge in [-0.15, -0.1) is 0 Å². The van der Waals surface area contributed by atoms with Crippen LogP contribution in [0.25, 0.3) is 0 Å². The quantitative estimate of drug-likeness (QED) is 0.437. The third-order valence-electron chi connectivity index (χ3n) is 5.72. The molecule has 1 aliphatic carbocycles. The van der Waals surface area contributed by atoms with Gasteiger partial charge in [0.25, 0.3) is 0 Å². The molecule has 2 unspecified atom stereocenters. The van der Waals surface area contributed by atoms with Crippen molar-refractivity contribution >= 4 is 12.1 Å². The highest BCUT2D eigenvalue weighted by Crippen LogP contribution is 2.32. The van der Waals surface area contributed by atoms with Crippen LogP contribution < -0.4 is 16.0 Å². The largest absolute Gasteiger partial charge is 0.450 e. The average Bonchev–Trinajstić information content (AvgIpc) is 3.49. The maximum absolute atomic E-state index is 11.8. The first kappa shape index (κ1) is 21.4. The van der Waals surface area contributed by atoms with Crippen LogP contribution in [0.4, 0.5) is 4.79 Å². The molecule has 0 spiro atoms. The molecule has 1 aliphatic heterocycles. The van der Waals surface area contributed by atoms with Gasteiger partial charge in [-0.3, -0.25) is 9.89 Å². The Morgan fingerprint density at radius 1 is 1.24 bits per heavy atom. The molecule has 29 heavy (non-hydrogen) atoms. The number of nitrogens with zero attached hydrogens (tertiary/aromatic N) is 2. The first-order chi connectivity index (χ1) is 14.2. The molecule has 0 aromatic heterocycles. The van der Waals surface area contributed by atoms with Crippen LogP contribution >= 0.6 is 0 Å². The molecule has 3 rings (SSSR count). The molecule has 1 heterocycles. The lowest BCUT2D eigenvalue weighted by atomic mass is 10.2. The number of carbonyl (C=O) groups is 1. The van der Waals surface area contributed by atoms with Crippen LogP contribution in [0, 0.1) is 5.92 Å². The predicted molar refractivity (Wildman–Crippen MR) is 116 cm³/mol. The Kier molecular flexibility index (Phi) is 8.16. The van der Waals surface area contributed by atoms with Gasteiger partial charge in [-0.1, -0.05) is 30.3 Å². The molecule has 1 saturated heterocycles. The van der Waals surface area contributed by atoms with E-state index in [1.807, 2.05) is 6.92 Å². The second-order valence-electron chi connectivity index (χ2n) is 7.89. The van der Waals surface area contributed by atoms with E-state index in [4.69, 9.17) is 4.74 Å². The summed E-state index contributed by atoms with van der Waals surface area (Å²) in [7, 11) is 1.79. The minimum Gasteiger partial charge on any atom is -0.450 e. The lowest BCUT2D eigenvalue weighted by Gasteiger charge is -2.26. The van der Waals surface area contributed by atoms with Gasteiger partial charge in [0.05, 0.1) is 12.6 Å². The minimum absolute atomic E-state index is 0.0775. The summed E-state index contributed by atoms with van der Waals surface area (Å²) >= 11 is 0. The van der Waals surface area contributed by atoms with Gasteiger partial charge < -0.3 is 20.7 Å². The molecule has 0 radical (unpaired) electrons. The first-order valence-corrected chi connectivity index (χ1v) is 10.9. The molecule has 1 aromatic carbocycles. The number of ether oxygens (including phenoxy) is 1. The van der Waals surface area contributed by atoms with Crippen molar-refractivity contribution in [2.24, 2.45) is 10.9 Å². The van der Waals surface area contributed by atoms with Crippen LogP contribution in [0.1, 0.15) is 38.2 Å². The van der Waals surface area contributed by atoms with Crippen molar-refractivity contribution < 1.29 is 9.53 Å². The van der Waals surface area contributed by atoms with Crippen molar-refractivity contribution in [3.63, 3.8) is 0 Å². The molecule has 160 valence electrons. The summed E-state index contributed by atoms with van der Waals surface area (Å²) in [5.74, 6) is 1.31. The Labute approximate surface area is 174 Å². The van der Waals surface area contributed by atoms with E-state index >= 15 is 0 Å². The summed E-state index contributed by atoms with van der Waals surface area (Å²) in [5.41, 5.74) is 1.36. The van der Waals surface area contributed by atoms with E-state index in [2.05, 4.69) is 56.2 Å². The van der Waals surface area contributed by atoms with Crippen molar-refractivity contribution in [1.82, 2.24) is 20.9 Å². The monoisotopic (exact) mass is 401 g/mol. The molecule has 2 fully saturated rings. The number of guanidine groups is 1. The van der Waals surface area contributed by atoms with Crippen LogP contribution in [0.5, 0.6) is 0 Å². The van der Waals surface area contributed by atoms with E-state index in [1.165, 1.54) is 18.4 Å². The Balaban J connectivity index is 1.44. The number of benzene rings is 1. The SMILES string of the molecule is CCOC(=O)NC(CNC(=NC)NCC1CCCN1Cc1ccccc1)C1CC1. The first-order valence-electron chi connectivity index (χ1n) is 10.9. The van der Waals surface area contributed by atoms with Crippen molar-refractivity contribution in [3.05, 3.63) is 35.9 Å². The Bertz CT molecular complexity index is 662. The number of rotatable bonds is 9. The van der Waals surface area contributed by atoms with E-state index in [-0.39, 0.29) is 12.1 Å². The Morgan fingerprint density at radius 2 is 2.03 bits per heavy atom. The second-order valence-corrected chi connectivity index (χ2v) is 7.89. The molecule has 0 bridgehead atoms. The maximum atomic E-state index is 11.8. The lowest BCUT2D eigenvalue weighted by molar-refractivity contribution is 0.146. The average molecular weight is 402 g/mol. The lowest BCUT2D eigenvalue weighted by Crippen LogP contribution is -2.50. The van der Waals surface area contributed by atoms with Crippen molar-refractivity contribution in [1.29, 1.82) is 0 Å². The van der Waals surface area contributed by atoms with E-state index in [1.54, 1.807) is 7.05 Å². The van der Waals surface area contributed by atoms with Crippen LogP contribution in [-0.2, 0) is 11.3 Å². The minimum atomic E-state index is -0.336. The molecule has 7 nitrogen and oxygen atoms in total. The standard InChI is InChI=1S/C22H35N5O2/c1-3-29-22(28)26-20(18-11-12-18)15-25-21(23-2)24-14-19-10-7-13-27(19)16-17-8-5-4-6-9-17/h4-6,8-9,18-20H,3,7,10-16H2,1-2H3,(H,26,28)(H2,23,24,25). The van der Waals surface area contributed by atoms with E-state index in [9.17, 15) is 4.79 Å². The fraction of sp³-hybridized carbons (Fsp3) is 0.636. The maximum Gasteiger partial charge on any atom is 0.407 e. The molecule has 1 amide bonds. The van der Waals surface area contributed by atoms with E-state index in [0.29, 0.717) is 25.1 Å². The number of hydrogen-bond acceptors (Lipinski definition) is 4. The van der Waals surface area contributed by atoms with Gasteiger partial charge in [-0.05, 0) is 50.6 Å². The Morgan fingerprint density at radius 3 is 2.72 bits per heavy atom. The number of alkyl carbamates (subject to hydrolysis) is 1. The molecule has 1 aromatic rings. The fourth-order valence-electron chi connectivity index (χ4n) is 3.95. The molecular formula is C22H35N5O2. The molecule has 7 heteroatoms. The number of likely N-dealkylation sites (tertiary alicyclic amines) is 1. The van der Waals surface area contributed by atoms with Gasteiger partial charge in [-0.2, -0.15) is 0 Å². The summed E-state index contributed by atoms with van der Waals surface area (Å²) in [6.45, 7) is 5.86. The Hall–Kier alpha value is -2.28. The zero-order valence-corrected chi connectivity index (χ0v) is 17.7. The summed E-state index contributed by atoms with van der Waals surface area (Å²) in [4.78, 5) is 18.7. The molecule has 2 aliphatic rings. The number of carbonyl (C=O) groups excluding carboxylic acids is 1. The number of hydrogen-bond donors (Lipinski definition) is 3. The third-order valence-corrected chi connectivity index (χ3v) is 5.72. The number of amides is 1. The molecular weight excluding hydrogens is 366 g/mol. The zero-order chi connectivity index (χ0) is 20.5. The summed E-state index contributed by atoms with van der Waals surface area (Å²) in [5, 5.41) is 9.83. The van der Waals surface area contributed by atoms with Crippen molar-refractivity contribution in [3.8, 4) is 0 Å². The highest BCUT2D eigenvalue weighted by Gasteiger charge is 2.32. The molecule has 3 N–H and O–H groups in total. The summed E-state index contributed by atoms with van der Waals surface area (Å²) in [6, 6.07) is 11.2. The van der Waals surface area contributed by atoms with Crippen molar-refractivity contribution in [2.75, 3.05) is 33.3 Å². The zero-order valence-electron chi connectivity index (χ0n) is 17.7. The van der Waals surface area contributed by atoms with Gasteiger partial charge in [0.1, 0.15) is 0 Å². The number of nitrogens with one attached hydrogen (secondary N) is 3. The third kappa shape index (κ3) is 6.92. The van der Waals surface area contributed by atoms with Crippen LogP contribution in [-0.4, -0.2) is 62.3 Å². The van der Waals surface area contributed by atoms with Gasteiger partial charge in [0.15, 0.2) is 5.96 Å². The van der Waals surface area contributed by atoms with Crippen LogP contribution in [0.3, 0.4) is 0 Å². The normalized spacial score (nSPS) is 20.9. The predicted octanol–water partition coefficient (Wildman–Crippen LogP) is 2.34. The van der Waals surface area contributed by atoms with Gasteiger partial charge in [0, 0.05) is 32.7 Å². The smallest absolute Gasteiger partial charge is 0.407 e. The van der Waals surface area contributed by atoms with Gasteiger partial charge in [0.2, 0.25) is 0 Å². The van der Waals surface area contributed by atoms with Gasteiger partial charge in [-0.25, -0.2) is 4.79 Å². The summed E-state index contributed by atoms with van der Waals surface area (Å²) in [6.07, 6.45) is 4.41. The molecule has 1 saturated carbocycles. The topological polar surface area (TPSA) is 78.0 Å².